The summed E-state index contributed by atoms with van der Waals surface area (Å²) in [4.78, 5) is 10.8. The van der Waals surface area contributed by atoms with Crippen molar-refractivity contribution in [3.05, 3.63) is 35.9 Å². The van der Waals surface area contributed by atoms with Gasteiger partial charge in [-0.15, -0.1) is 0 Å². The van der Waals surface area contributed by atoms with Crippen molar-refractivity contribution in [2.75, 3.05) is 7.11 Å². The van der Waals surface area contributed by atoms with Crippen LogP contribution >= 0.6 is 0 Å². The highest BCUT2D eigenvalue weighted by molar-refractivity contribution is 5.69. The van der Waals surface area contributed by atoms with E-state index in [9.17, 15) is 4.79 Å². The Morgan fingerprint density at radius 3 is 3.08 bits per heavy atom. The highest BCUT2D eigenvalue weighted by atomic mass is 16.5. The van der Waals surface area contributed by atoms with Gasteiger partial charge in [0.15, 0.2) is 0 Å². The fourth-order valence-corrected chi connectivity index (χ4v) is 0.934. The van der Waals surface area contributed by atoms with Crippen molar-refractivity contribution >= 4 is 5.97 Å². The SMILES string of the molecule is COC(=O)CCc1c[c]ccc1. The lowest BCUT2D eigenvalue weighted by Gasteiger charge is -1.98. The Balaban J connectivity index is 2.38. The second-order valence-corrected chi connectivity index (χ2v) is 2.49. The molecule has 2 heteroatoms. The number of rotatable bonds is 3. The van der Waals surface area contributed by atoms with Crippen molar-refractivity contribution < 1.29 is 9.53 Å². The van der Waals surface area contributed by atoms with Crippen LogP contribution in [-0.2, 0) is 16.0 Å². The third kappa shape index (κ3) is 2.74. The molecule has 1 aromatic rings. The van der Waals surface area contributed by atoms with Crippen LogP contribution in [0.3, 0.4) is 0 Å². The number of carbonyl (C=O) groups excluding carboxylic acids is 1. The van der Waals surface area contributed by atoms with E-state index in [1.807, 2.05) is 24.3 Å². The highest BCUT2D eigenvalue weighted by Crippen LogP contribution is 2.01. The number of benzene rings is 1. The maximum atomic E-state index is 10.8. The second kappa shape index (κ2) is 4.54. The van der Waals surface area contributed by atoms with E-state index in [0.717, 1.165) is 12.0 Å². The summed E-state index contributed by atoms with van der Waals surface area (Å²) < 4.78 is 4.52. The van der Waals surface area contributed by atoms with Crippen molar-refractivity contribution in [1.29, 1.82) is 0 Å². The summed E-state index contributed by atoms with van der Waals surface area (Å²) in [6, 6.07) is 10.5. The fraction of sp³-hybridized carbons (Fsp3) is 0.300. The number of esters is 1. The first-order valence-corrected chi connectivity index (χ1v) is 3.84. The molecule has 0 aliphatic heterocycles. The van der Waals surface area contributed by atoms with E-state index in [0.29, 0.717) is 6.42 Å². The van der Waals surface area contributed by atoms with Crippen LogP contribution in [0.4, 0.5) is 0 Å². The number of methoxy groups -OCH3 is 1. The van der Waals surface area contributed by atoms with E-state index < -0.39 is 0 Å². The quantitative estimate of drug-likeness (QED) is 0.632. The minimum absolute atomic E-state index is 0.168. The molecule has 1 aromatic carbocycles. The van der Waals surface area contributed by atoms with E-state index in [2.05, 4.69) is 10.8 Å². The van der Waals surface area contributed by atoms with Crippen LogP contribution in [-0.4, -0.2) is 13.1 Å². The molecule has 0 fully saturated rings. The summed E-state index contributed by atoms with van der Waals surface area (Å²) in [6.07, 6.45) is 1.17. The maximum absolute atomic E-state index is 10.8. The van der Waals surface area contributed by atoms with Crippen LogP contribution in [0.1, 0.15) is 12.0 Å². The van der Waals surface area contributed by atoms with E-state index in [4.69, 9.17) is 0 Å². The predicted octanol–water partition coefficient (Wildman–Crippen LogP) is 1.59. The second-order valence-electron chi connectivity index (χ2n) is 2.49. The van der Waals surface area contributed by atoms with Crippen LogP contribution in [0.5, 0.6) is 0 Å². The lowest BCUT2D eigenvalue weighted by atomic mass is 10.1. The first-order chi connectivity index (χ1) is 5.83. The molecule has 1 rings (SSSR count). The molecular weight excluding hydrogens is 152 g/mol. The molecule has 0 unspecified atom stereocenters. The average Bonchev–Trinajstić information content (AvgIpc) is 2.16. The summed E-state index contributed by atoms with van der Waals surface area (Å²) in [5, 5.41) is 0. The summed E-state index contributed by atoms with van der Waals surface area (Å²) >= 11 is 0. The van der Waals surface area contributed by atoms with Crippen LogP contribution in [0, 0.1) is 6.07 Å². The molecule has 0 saturated carbocycles. The van der Waals surface area contributed by atoms with Crippen LogP contribution in [0.2, 0.25) is 0 Å². The first-order valence-electron chi connectivity index (χ1n) is 3.84. The summed E-state index contributed by atoms with van der Waals surface area (Å²) in [7, 11) is 1.40. The van der Waals surface area contributed by atoms with Gasteiger partial charge >= 0.3 is 5.97 Å². The van der Waals surface area contributed by atoms with E-state index >= 15 is 0 Å². The van der Waals surface area contributed by atoms with Gasteiger partial charge in [-0.25, -0.2) is 0 Å². The Labute approximate surface area is 72.2 Å². The van der Waals surface area contributed by atoms with Gasteiger partial charge in [0.05, 0.1) is 7.11 Å². The zero-order chi connectivity index (χ0) is 8.81. The van der Waals surface area contributed by atoms with Gasteiger partial charge in [0.25, 0.3) is 0 Å². The molecule has 0 aromatic heterocycles. The molecule has 12 heavy (non-hydrogen) atoms. The van der Waals surface area contributed by atoms with Gasteiger partial charge in [-0.3, -0.25) is 4.79 Å². The molecule has 0 atom stereocenters. The zero-order valence-electron chi connectivity index (χ0n) is 7.04. The number of carbonyl (C=O) groups is 1. The standard InChI is InChI=1S/C10H11O2/c1-12-10(11)8-7-9-5-3-2-4-6-9/h2-3,5-6H,7-8H2,1H3. The van der Waals surface area contributed by atoms with Crippen molar-refractivity contribution in [2.24, 2.45) is 0 Å². The van der Waals surface area contributed by atoms with Gasteiger partial charge in [0.1, 0.15) is 0 Å². The Kier molecular flexibility index (Phi) is 3.33. The van der Waals surface area contributed by atoms with Gasteiger partial charge in [-0.1, -0.05) is 24.3 Å². The normalized spacial score (nSPS) is 9.42. The molecule has 0 amide bonds. The van der Waals surface area contributed by atoms with Crippen LogP contribution < -0.4 is 0 Å². The van der Waals surface area contributed by atoms with Gasteiger partial charge in [0.2, 0.25) is 0 Å². The molecule has 0 aliphatic carbocycles. The smallest absolute Gasteiger partial charge is 0.305 e. The first kappa shape index (κ1) is 8.78. The van der Waals surface area contributed by atoms with E-state index in [1.165, 1.54) is 7.11 Å². The van der Waals surface area contributed by atoms with Gasteiger partial charge < -0.3 is 4.74 Å². The lowest BCUT2D eigenvalue weighted by molar-refractivity contribution is -0.140. The van der Waals surface area contributed by atoms with Gasteiger partial charge in [-0.2, -0.15) is 0 Å². The third-order valence-electron chi connectivity index (χ3n) is 1.62. The van der Waals surface area contributed by atoms with Crippen LogP contribution in [0.25, 0.3) is 0 Å². The molecule has 0 saturated heterocycles. The largest absolute Gasteiger partial charge is 0.469 e. The van der Waals surface area contributed by atoms with Gasteiger partial charge in [0, 0.05) is 6.42 Å². The van der Waals surface area contributed by atoms with Crippen molar-refractivity contribution in [2.45, 2.75) is 12.8 Å². The molecule has 0 heterocycles. The van der Waals surface area contributed by atoms with Crippen LogP contribution in [0.15, 0.2) is 24.3 Å². The average molecular weight is 163 g/mol. The summed E-state index contributed by atoms with van der Waals surface area (Å²) in [6.45, 7) is 0. The molecule has 1 radical (unpaired) electrons. The van der Waals surface area contributed by atoms with E-state index in [1.54, 1.807) is 0 Å². The minimum Gasteiger partial charge on any atom is -0.469 e. The Morgan fingerprint density at radius 1 is 1.67 bits per heavy atom. The lowest BCUT2D eigenvalue weighted by Crippen LogP contribution is -2.01. The monoisotopic (exact) mass is 163 g/mol. The minimum atomic E-state index is -0.168. The number of hydrogen-bond acceptors (Lipinski definition) is 2. The molecule has 0 bridgehead atoms. The molecular formula is C10H11O2. The fourth-order valence-electron chi connectivity index (χ4n) is 0.934. The Hall–Kier alpha value is -1.31. The van der Waals surface area contributed by atoms with Gasteiger partial charge in [-0.05, 0) is 18.1 Å². The third-order valence-corrected chi connectivity index (χ3v) is 1.62. The topological polar surface area (TPSA) is 26.3 Å². The zero-order valence-corrected chi connectivity index (χ0v) is 7.04. The maximum Gasteiger partial charge on any atom is 0.305 e. The predicted molar refractivity (Wildman–Crippen MR) is 45.6 cm³/mol. The number of ether oxygens (including phenoxy) is 1. The molecule has 63 valence electrons. The molecule has 0 N–H and O–H groups in total. The van der Waals surface area contributed by atoms with Crippen molar-refractivity contribution in [3.8, 4) is 0 Å². The summed E-state index contributed by atoms with van der Waals surface area (Å²) in [5.74, 6) is -0.168. The summed E-state index contributed by atoms with van der Waals surface area (Å²) in [5.41, 5.74) is 1.11. The Bertz CT molecular complexity index is 241. The van der Waals surface area contributed by atoms with E-state index in [-0.39, 0.29) is 5.97 Å². The number of hydrogen-bond donors (Lipinski definition) is 0. The molecule has 0 aliphatic rings. The highest BCUT2D eigenvalue weighted by Gasteiger charge is 1.99. The Morgan fingerprint density at radius 2 is 2.50 bits per heavy atom. The molecule has 0 spiro atoms. The number of aryl methyl sites for hydroxylation is 1. The molecule has 2 nitrogen and oxygen atoms in total. The van der Waals surface area contributed by atoms with Crippen molar-refractivity contribution in [1.82, 2.24) is 0 Å². The van der Waals surface area contributed by atoms with Crippen molar-refractivity contribution in [3.63, 3.8) is 0 Å².